The first kappa shape index (κ1) is 15.2. The van der Waals surface area contributed by atoms with Gasteiger partial charge in [0.1, 0.15) is 0 Å². The van der Waals surface area contributed by atoms with Crippen LogP contribution >= 0.6 is 0 Å². The van der Waals surface area contributed by atoms with Gasteiger partial charge in [-0.1, -0.05) is 0 Å². The zero-order valence-electron chi connectivity index (χ0n) is 9.66. The minimum absolute atomic E-state index is 0.0959. The van der Waals surface area contributed by atoms with E-state index in [1.807, 2.05) is 6.92 Å². The number of likely N-dealkylation sites (N-methyl/N-ethyl adjacent to an activating group) is 1. The van der Waals surface area contributed by atoms with Crippen LogP contribution in [0.3, 0.4) is 0 Å². The molecule has 0 saturated heterocycles. The van der Waals surface area contributed by atoms with Gasteiger partial charge in [-0.3, -0.25) is 4.79 Å². The van der Waals surface area contributed by atoms with Crippen molar-refractivity contribution < 1.29 is 18.0 Å². The van der Waals surface area contributed by atoms with Crippen molar-refractivity contribution in [2.24, 2.45) is 0 Å². The number of rotatable bonds is 7. The molecule has 0 fully saturated rings. The molecule has 0 saturated carbocycles. The summed E-state index contributed by atoms with van der Waals surface area (Å²) in [6.45, 7) is 4.48. The zero-order valence-corrected chi connectivity index (χ0v) is 9.66. The van der Waals surface area contributed by atoms with Gasteiger partial charge < -0.3 is 10.6 Å². The van der Waals surface area contributed by atoms with Gasteiger partial charge in [-0.15, -0.1) is 0 Å². The van der Waals surface area contributed by atoms with E-state index in [2.05, 4.69) is 10.6 Å². The molecular weight excluding hydrogens is 221 g/mol. The number of carbonyl (C=O) groups excluding carboxylic acids is 1. The highest BCUT2D eigenvalue weighted by atomic mass is 19.4. The highest BCUT2D eigenvalue weighted by molar-refractivity contribution is 5.81. The normalized spacial score (nSPS) is 13.6. The summed E-state index contributed by atoms with van der Waals surface area (Å²) in [6, 6.07) is -0.356. The fraction of sp³-hybridized carbons (Fsp3) is 0.900. The second-order valence-corrected chi connectivity index (χ2v) is 3.64. The lowest BCUT2D eigenvalue weighted by Crippen LogP contribution is -2.42. The quantitative estimate of drug-likeness (QED) is 0.667. The third-order valence-electron chi connectivity index (χ3n) is 2.08. The van der Waals surface area contributed by atoms with Crippen molar-refractivity contribution in [1.29, 1.82) is 0 Å². The molecule has 0 aromatic heterocycles. The van der Waals surface area contributed by atoms with Gasteiger partial charge in [0.2, 0.25) is 5.91 Å². The molecule has 96 valence electrons. The maximum Gasteiger partial charge on any atom is 0.389 e. The predicted molar refractivity (Wildman–Crippen MR) is 56.1 cm³/mol. The number of nitrogens with one attached hydrogen (secondary N) is 2. The Hall–Kier alpha value is -0.780. The van der Waals surface area contributed by atoms with E-state index in [1.165, 1.54) is 0 Å². The summed E-state index contributed by atoms with van der Waals surface area (Å²) in [4.78, 5) is 11.2. The summed E-state index contributed by atoms with van der Waals surface area (Å²) in [7, 11) is 0. The van der Waals surface area contributed by atoms with Crippen LogP contribution in [0.1, 0.15) is 33.1 Å². The zero-order chi connectivity index (χ0) is 12.6. The van der Waals surface area contributed by atoms with Gasteiger partial charge >= 0.3 is 6.18 Å². The van der Waals surface area contributed by atoms with Crippen molar-refractivity contribution >= 4 is 5.91 Å². The van der Waals surface area contributed by atoms with Crippen molar-refractivity contribution in [1.82, 2.24) is 10.6 Å². The van der Waals surface area contributed by atoms with E-state index < -0.39 is 12.6 Å². The average Bonchev–Trinajstić information content (AvgIpc) is 2.15. The number of carbonyl (C=O) groups is 1. The predicted octanol–water partition coefficient (Wildman–Crippen LogP) is 1.83. The molecule has 0 aromatic carbocycles. The number of hydrogen-bond donors (Lipinski definition) is 2. The number of hydrogen-bond acceptors (Lipinski definition) is 2. The lowest BCUT2D eigenvalue weighted by Gasteiger charge is -2.13. The molecule has 0 aliphatic heterocycles. The van der Waals surface area contributed by atoms with E-state index >= 15 is 0 Å². The van der Waals surface area contributed by atoms with Crippen LogP contribution in [0.2, 0.25) is 0 Å². The minimum Gasteiger partial charge on any atom is -0.355 e. The van der Waals surface area contributed by atoms with Crippen molar-refractivity contribution in [3.63, 3.8) is 0 Å². The molecule has 1 unspecified atom stereocenters. The van der Waals surface area contributed by atoms with E-state index in [4.69, 9.17) is 0 Å². The second kappa shape index (κ2) is 7.49. The Morgan fingerprint density at radius 1 is 1.31 bits per heavy atom. The molecule has 0 spiro atoms. The fourth-order valence-corrected chi connectivity index (χ4v) is 1.19. The Labute approximate surface area is 93.8 Å². The van der Waals surface area contributed by atoms with Crippen LogP contribution in [-0.2, 0) is 4.79 Å². The first-order valence-corrected chi connectivity index (χ1v) is 5.44. The third kappa shape index (κ3) is 8.52. The number of alkyl halides is 3. The summed E-state index contributed by atoms with van der Waals surface area (Å²) in [5.74, 6) is -0.127. The monoisotopic (exact) mass is 240 g/mol. The summed E-state index contributed by atoms with van der Waals surface area (Å²) in [5.41, 5.74) is 0. The maximum absolute atomic E-state index is 11.8. The number of halogens is 3. The van der Waals surface area contributed by atoms with Crippen molar-refractivity contribution in [3.8, 4) is 0 Å². The third-order valence-corrected chi connectivity index (χ3v) is 2.08. The SMILES string of the molecule is CCNC(=O)C(C)NCCCCC(F)(F)F. The van der Waals surface area contributed by atoms with Gasteiger partial charge in [-0.25, -0.2) is 0 Å². The standard InChI is InChI=1S/C10H19F3N2O/c1-3-14-9(16)8(2)15-7-5-4-6-10(11,12)13/h8,15H,3-7H2,1-2H3,(H,14,16). The summed E-state index contributed by atoms with van der Waals surface area (Å²) < 4.78 is 35.4. The number of amides is 1. The smallest absolute Gasteiger partial charge is 0.355 e. The molecule has 0 aromatic rings. The molecule has 0 rings (SSSR count). The lowest BCUT2D eigenvalue weighted by atomic mass is 10.2. The minimum atomic E-state index is -4.08. The van der Waals surface area contributed by atoms with E-state index in [1.54, 1.807) is 6.92 Å². The first-order valence-electron chi connectivity index (χ1n) is 5.44. The summed E-state index contributed by atoms with van der Waals surface area (Å²) in [6.07, 6.45) is -4.32. The van der Waals surface area contributed by atoms with Crippen LogP contribution in [0.25, 0.3) is 0 Å². The molecule has 0 aliphatic carbocycles. The average molecular weight is 240 g/mol. The van der Waals surface area contributed by atoms with Gasteiger partial charge in [0.15, 0.2) is 0 Å². The van der Waals surface area contributed by atoms with Crippen LogP contribution in [0.5, 0.6) is 0 Å². The van der Waals surface area contributed by atoms with Gasteiger partial charge in [-0.2, -0.15) is 13.2 Å². The Kier molecular flexibility index (Phi) is 7.12. The van der Waals surface area contributed by atoms with Crippen LogP contribution in [0.15, 0.2) is 0 Å². The Balaban J connectivity index is 3.48. The highest BCUT2D eigenvalue weighted by Crippen LogP contribution is 2.21. The molecule has 1 atom stereocenters. The van der Waals surface area contributed by atoms with Crippen LogP contribution < -0.4 is 10.6 Å². The summed E-state index contributed by atoms with van der Waals surface area (Å²) in [5, 5.41) is 5.50. The molecule has 16 heavy (non-hydrogen) atoms. The lowest BCUT2D eigenvalue weighted by molar-refractivity contribution is -0.135. The first-order chi connectivity index (χ1) is 7.37. The van der Waals surface area contributed by atoms with Crippen molar-refractivity contribution in [2.75, 3.05) is 13.1 Å². The maximum atomic E-state index is 11.8. The van der Waals surface area contributed by atoms with Gasteiger partial charge in [-0.05, 0) is 33.2 Å². The molecule has 0 bridgehead atoms. The molecule has 2 N–H and O–H groups in total. The largest absolute Gasteiger partial charge is 0.389 e. The van der Waals surface area contributed by atoms with Crippen LogP contribution in [0.4, 0.5) is 13.2 Å². The molecule has 0 radical (unpaired) electrons. The van der Waals surface area contributed by atoms with Gasteiger partial charge in [0, 0.05) is 13.0 Å². The molecule has 1 amide bonds. The second-order valence-electron chi connectivity index (χ2n) is 3.64. The Morgan fingerprint density at radius 3 is 2.44 bits per heavy atom. The number of unbranched alkanes of at least 4 members (excludes halogenated alkanes) is 1. The topological polar surface area (TPSA) is 41.1 Å². The van der Waals surface area contributed by atoms with Gasteiger partial charge in [0.05, 0.1) is 6.04 Å². The molecule has 0 aliphatic rings. The van der Waals surface area contributed by atoms with Crippen LogP contribution in [-0.4, -0.2) is 31.2 Å². The highest BCUT2D eigenvalue weighted by Gasteiger charge is 2.25. The fourth-order valence-electron chi connectivity index (χ4n) is 1.19. The summed E-state index contributed by atoms with van der Waals surface area (Å²) >= 11 is 0. The van der Waals surface area contributed by atoms with Crippen molar-refractivity contribution in [2.45, 2.75) is 45.3 Å². The van der Waals surface area contributed by atoms with Crippen LogP contribution in [0, 0.1) is 0 Å². The molecule has 6 heteroatoms. The van der Waals surface area contributed by atoms with E-state index in [9.17, 15) is 18.0 Å². The molecule has 3 nitrogen and oxygen atoms in total. The molecule has 0 heterocycles. The van der Waals surface area contributed by atoms with E-state index in [-0.39, 0.29) is 18.4 Å². The molecular formula is C10H19F3N2O. The van der Waals surface area contributed by atoms with E-state index in [0.717, 1.165) is 0 Å². The van der Waals surface area contributed by atoms with E-state index in [0.29, 0.717) is 19.5 Å². The van der Waals surface area contributed by atoms with Crippen molar-refractivity contribution in [3.05, 3.63) is 0 Å². The van der Waals surface area contributed by atoms with Gasteiger partial charge in [0.25, 0.3) is 0 Å². The Bertz CT molecular complexity index is 207. The Morgan fingerprint density at radius 2 is 1.94 bits per heavy atom.